The van der Waals surface area contributed by atoms with E-state index >= 15 is 0 Å². The van der Waals surface area contributed by atoms with Gasteiger partial charge in [-0.15, -0.1) is 0 Å². The van der Waals surface area contributed by atoms with Crippen molar-refractivity contribution in [2.24, 2.45) is 0 Å². The fourth-order valence-corrected chi connectivity index (χ4v) is 2.43. The van der Waals surface area contributed by atoms with Crippen LogP contribution in [0, 0.1) is 0 Å². The second kappa shape index (κ2) is 2.94. The van der Waals surface area contributed by atoms with Crippen LogP contribution in [0.4, 0.5) is 0 Å². The zero-order valence-corrected chi connectivity index (χ0v) is 8.38. The smallest absolute Gasteiger partial charge is 0.114 e. The number of rotatable bonds is 0. The maximum atomic E-state index is 10.2. The third-order valence-electron chi connectivity index (χ3n) is 3.40. The molecule has 1 spiro atoms. The van der Waals surface area contributed by atoms with Crippen LogP contribution in [0.15, 0.2) is 0 Å². The van der Waals surface area contributed by atoms with E-state index in [1.54, 1.807) is 0 Å². The third-order valence-corrected chi connectivity index (χ3v) is 3.40. The molecule has 2 fully saturated rings. The maximum absolute atomic E-state index is 10.2. The van der Waals surface area contributed by atoms with Gasteiger partial charge in [-0.3, -0.25) is 0 Å². The van der Waals surface area contributed by atoms with Crippen LogP contribution >= 0.6 is 0 Å². The van der Waals surface area contributed by atoms with Gasteiger partial charge in [0.2, 0.25) is 0 Å². The molecule has 0 amide bonds. The second-order valence-electron chi connectivity index (χ2n) is 4.54. The topological polar surface area (TPSA) is 38.7 Å². The first kappa shape index (κ1) is 9.44. The Balaban J connectivity index is 2.19. The molecule has 2 heterocycles. The largest absolute Gasteiger partial charge is 0.385 e. The van der Waals surface area contributed by atoms with Gasteiger partial charge in [-0.25, -0.2) is 0 Å². The molecule has 1 N–H and O–H groups in total. The van der Waals surface area contributed by atoms with Gasteiger partial charge < -0.3 is 14.6 Å². The van der Waals surface area contributed by atoms with E-state index in [0.717, 1.165) is 19.3 Å². The summed E-state index contributed by atoms with van der Waals surface area (Å²) in [6, 6.07) is 0. The zero-order chi connectivity index (χ0) is 9.53. The van der Waals surface area contributed by atoms with E-state index in [-0.39, 0.29) is 11.7 Å². The van der Waals surface area contributed by atoms with Crippen molar-refractivity contribution >= 4 is 0 Å². The summed E-state index contributed by atoms with van der Waals surface area (Å²) in [6.45, 7) is 5.01. The lowest BCUT2D eigenvalue weighted by Gasteiger charge is -2.45. The van der Waals surface area contributed by atoms with Crippen LogP contribution in [0.3, 0.4) is 0 Å². The Labute approximate surface area is 79.0 Å². The lowest BCUT2D eigenvalue weighted by molar-refractivity contribution is -0.223. The van der Waals surface area contributed by atoms with Crippen LogP contribution in [-0.2, 0) is 9.47 Å². The monoisotopic (exact) mass is 186 g/mol. The van der Waals surface area contributed by atoms with Crippen molar-refractivity contribution in [3.05, 3.63) is 0 Å². The van der Waals surface area contributed by atoms with Gasteiger partial charge in [-0.2, -0.15) is 0 Å². The molecule has 0 bridgehead atoms. The number of ether oxygens (including phenoxy) is 2. The molecule has 13 heavy (non-hydrogen) atoms. The predicted octanol–water partition coefficient (Wildman–Crippen LogP) is 1.10. The lowest BCUT2D eigenvalue weighted by Crippen LogP contribution is -2.58. The summed E-state index contributed by atoms with van der Waals surface area (Å²) in [5, 5.41) is 10.2. The molecule has 0 aliphatic carbocycles. The predicted molar refractivity (Wildman–Crippen MR) is 48.6 cm³/mol. The molecular weight excluding hydrogens is 168 g/mol. The van der Waals surface area contributed by atoms with E-state index < -0.39 is 5.60 Å². The summed E-state index contributed by atoms with van der Waals surface area (Å²) in [6.07, 6.45) is 3.12. The molecule has 0 aromatic carbocycles. The molecule has 0 radical (unpaired) electrons. The summed E-state index contributed by atoms with van der Waals surface area (Å²) in [4.78, 5) is 0. The average molecular weight is 186 g/mol. The minimum Gasteiger partial charge on any atom is -0.385 e. The molecule has 76 valence electrons. The van der Waals surface area contributed by atoms with Gasteiger partial charge in [0.1, 0.15) is 11.2 Å². The second-order valence-corrected chi connectivity index (χ2v) is 4.54. The maximum Gasteiger partial charge on any atom is 0.114 e. The molecule has 3 atom stereocenters. The van der Waals surface area contributed by atoms with Crippen LogP contribution < -0.4 is 0 Å². The Bertz CT molecular complexity index is 198. The van der Waals surface area contributed by atoms with E-state index in [0.29, 0.717) is 13.2 Å². The van der Waals surface area contributed by atoms with Crippen molar-refractivity contribution in [2.75, 3.05) is 13.2 Å². The fraction of sp³-hybridized carbons (Fsp3) is 1.00. The van der Waals surface area contributed by atoms with Gasteiger partial charge in [-0.1, -0.05) is 0 Å². The highest BCUT2D eigenvalue weighted by Gasteiger charge is 2.53. The third kappa shape index (κ3) is 1.39. The van der Waals surface area contributed by atoms with Gasteiger partial charge in [0.15, 0.2) is 0 Å². The van der Waals surface area contributed by atoms with E-state index in [1.807, 2.05) is 6.92 Å². The Hall–Kier alpha value is -0.120. The molecule has 0 unspecified atom stereocenters. The van der Waals surface area contributed by atoms with E-state index in [4.69, 9.17) is 9.47 Å². The minimum atomic E-state index is -0.810. The molecular formula is C10H18O3. The number of hydrogen-bond donors (Lipinski definition) is 1. The van der Waals surface area contributed by atoms with Crippen molar-refractivity contribution in [1.82, 2.24) is 0 Å². The molecule has 2 aliphatic heterocycles. The molecule has 3 heteroatoms. The highest BCUT2D eigenvalue weighted by atomic mass is 16.6. The zero-order valence-electron chi connectivity index (χ0n) is 8.38. The highest BCUT2D eigenvalue weighted by molar-refractivity contribution is 5.04. The molecule has 0 aromatic heterocycles. The Morgan fingerprint density at radius 1 is 1.38 bits per heavy atom. The molecule has 2 saturated heterocycles. The van der Waals surface area contributed by atoms with Crippen molar-refractivity contribution in [1.29, 1.82) is 0 Å². The van der Waals surface area contributed by atoms with Gasteiger partial charge in [0.05, 0.1) is 12.7 Å². The van der Waals surface area contributed by atoms with Crippen molar-refractivity contribution in [3.63, 3.8) is 0 Å². The molecule has 2 aliphatic rings. The highest BCUT2D eigenvalue weighted by Crippen LogP contribution is 2.43. The van der Waals surface area contributed by atoms with Crippen LogP contribution in [0.1, 0.15) is 33.1 Å². The van der Waals surface area contributed by atoms with Gasteiger partial charge >= 0.3 is 0 Å². The Morgan fingerprint density at radius 2 is 2.15 bits per heavy atom. The number of hydrogen-bond acceptors (Lipinski definition) is 3. The van der Waals surface area contributed by atoms with Gasteiger partial charge in [0.25, 0.3) is 0 Å². The van der Waals surface area contributed by atoms with Crippen molar-refractivity contribution in [2.45, 2.75) is 50.4 Å². The summed E-state index contributed by atoms with van der Waals surface area (Å²) in [5.74, 6) is 0. The van der Waals surface area contributed by atoms with Crippen LogP contribution in [0.5, 0.6) is 0 Å². The van der Waals surface area contributed by atoms with E-state index in [9.17, 15) is 5.11 Å². The van der Waals surface area contributed by atoms with Crippen LogP contribution in [0.25, 0.3) is 0 Å². The molecule has 3 nitrogen and oxygen atoms in total. The average Bonchev–Trinajstić information content (AvgIpc) is 2.41. The standard InChI is InChI=1S/C10H18O3/c1-8-3-4-10(13-8)5-6-12-7-9(10,2)11/h8,11H,3-7H2,1-2H3/t8-,9+,10-/m1/s1. The minimum absolute atomic E-state index is 0.282. The lowest BCUT2D eigenvalue weighted by atomic mass is 9.78. The fourth-order valence-electron chi connectivity index (χ4n) is 2.43. The van der Waals surface area contributed by atoms with E-state index in [1.165, 1.54) is 0 Å². The molecule has 0 saturated carbocycles. The first-order valence-electron chi connectivity index (χ1n) is 5.04. The van der Waals surface area contributed by atoms with Crippen LogP contribution in [-0.4, -0.2) is 35.6 Å². The summed E-state index contributed by atoms with van der Waals surface area (Å²) < 4.78 is 11.2. The first-order chi connectivity index (χ1) is 6.06. The van der Waals surface area contributed by atoms with Gasteiger partial charge in [-0.05, 0) is 26.7 Å². The summed E-state index contributed by atoms with van der Waals surface area (Å²) in [5.41, 5.74) is -1.14. The van der Waals surface area contributed by atoms with Gasteiger partial charge in [0, 0.05) is 13.0 Å². The molecule has 0 aromatic rings. The number of aliphatic hydroxyl groups is 1. The van der Waals surface area contributed by atoms with Crippen molar-refractivity contribution < 1.29 is 14.6 Å². The summed E-state index contributed by atoms with van der Waals surface area (Å²) in [7, 11) is 0. The van der Waals surface area contributed by atoms with Crippen molar-refractivity contribution in [3.8, 4) is 0 Å². The summed E-state index contributed by atoms with van der Waals surface area (Å²) >= 11 is 0. The first-order valence-corrected chi connectivity index (χ1v) is 5.04. The molecule has 2 rings (SSSR count). The normalized spacial score (nSPS) is 51.5. The van der Waals surface area contributed by atoms with Crippen LogP contribution in [0.2, 0.25) is 0 Å². The Morgan fingerprint density at radius 3 is 2.69 bits per heavy atom. The van der Waals surface area contributed by atoms with E-state index in [2.05, 4.69) is 6.92 Å². The quantitative estimate of drug-likeness (QED) is 0.615. The SMILES string of the molecule is C[C@@H]1CC[C@]2(CCOC[C@]2(C)O)O1. The Kier molecular flexibility index (Phi) is 2.13.